The molecular weight excluding hydrogens is 303 g/mol. The molecule has 0 amide bonds. The molecule has 1 aliphatic rings. The predicted molar refractivity (Wildman–Crippen MR) is 75.5 cm³/mol. The van der Waals surface area contributed by atoms with E-state index < -0.39 is 11.9 Å². The highest BCUT2D eigenvalue weighted by Crippen LogP contribution is 2.34. The molecule has 2 rings (SSSR count). The molecule has 0 spiro atoms. The standard InChI is InChI=1S/C13H18F3N3OS/c1-2-5-17-12-18-10(13(14,15)16)8-11(19-12)21-9-3-6-20-7-4-9/h8-9H,2-7H2,1H3,(H,17,18,19). The van der Waals surface area contributed by atoms with Crippen LogP contribution in [0.1, 0.15) is 31.9 Å². The third-order valence-corrected chi connectivity index (χ3v) is 4.24. The summed E-state index contributed by atoms with van der Waals surface area (Å²) in [6.07, 6.45) is -2.01. The van der Waals surface area contributed by atoms with E-state index in [-0.39, 0.29) is 11.2 Å². The number of alkyl halides is 3. The maximum atomic E-state index is 12.9. The maximum absolute atomic E-state index is 12.9. The Balaban J connectivity index is 2.17. The molecule has 0 aliphatic carbocycles. The average molecular weight is 321 g/mol. The summed E-state index contributed by atoms with van der Waals surface area (Å²) in [4.78, 5) is 7.73. The van der Waals surface area contributed by atoms with Crippen LogP contribution in [0.3, 0.4) is 0 Å². The van der Waals surface area contributed by atoms with E-state index in [4.69, 9.17) is 4.74 Å². The number of rotatable bonds is 5. The molecule has 1 aromatic heterocycles. The minimum Gasteiger partial charge on any atom is -0.381 e. The SMILES string of the molecule is CCCNc1nc(SC2CCOCC2)cc(C(F)(F)F)n1. The number of hydrogen-bond acceptors (Lipinski definition) is 5. The van der Waals surface area contributed by atoms with Gasteiger partial charge in [-0.15, -0.1) is 11.8 Å². The summed E-state index contributed by atoms with van der Waals surface area (Å²) < 4.78 is 44.0. The van der Waals surface area contributed by atoms with Crippen LogP contribution >= 0.6 is 11.8 Å². The van der Waals surface area contributed by atoms with Gasteiger partial charge in [0.15, 0.2) is 5.69 Å². The second-order valence-electron chi connectivity index (χ2n) is 4.77. The van der Waals surface area contributed by atoms with Gasteiger partial charge in [0.1, 0.15) is 5.03 Å². The topological polar surface area (TPSA) is 47.0 Å². The van der Waals surface area contributed by atoms with E-state index in [1.165, 1.54) is 11.8 Å². The van der Waals surface area contributed by atoms with E-state index in [2.05, 4.69) is 15.3 Å². The van der Waals surface area contributed by atoms with E-state index in [1.54, 1.807) is 0 Å². The Labute approximate surface area is 125 Å². The summed E-state index contributed by atoms with van der Waals surface area (Å²) in [6.45, 7) is 3.77. The molecule has 118 valence electrons. The molecule has 0 saturated carbocycles. The molecule has 0 bridgehead atoms. The van der Waals surface area contributed by atoms with Gasteiger partial charge in [-0.2, -0.15) is 13.2 Å². The first-order valence-corrected chi connectivity index (χ1v) is 7.81. The summed E-state index contributed by atoms with van der Waals surface area (Å²) in [6, 6.07) is 1.03. The molecule has 1 N–H and O–H groups in total. The van der Waals surface area contributed by atoms with Crippen molar-refractivity contribution in [1.82, 2.24) is 9.97 Å². The van der Waals surface area contributed by atoms with E-state index in [1.807, 2.05) is 6.92 Å². The summed E-state index contributed by atoms with van der Waals surface area (Å²) in [5.41, 5.74) is -0.898. The maximum Gasteiger partial charge on any atom is 0.433 e. The zero-order valence-electron chi connectivity index (χ0n) is 11.7. The molecule has 1 saturated heterocycles. The number of hydrogen-bond donors (Lipinski definition) is 1. The van der Waals surface area contributed by atoms with Gasteiger partial charge in [0, 0.05) is 31.1 Å². The van der Waals surface area contributed by atoms with E-state index in [0.717, 1.165) is 25.3 Å². The summed E-state index contributed by atoms with van der Waals surface area (Å²) >= 11 is 1.37. The molecule has 4 nitrogen and oxygen atoms in total. The van der Waals surface area contributed by atoms with E-state index >= 15 is 0 Å². The molecule has 8 heteroatoms. The van der Waals surface area contributed by atoms with Crippen LogP contribution in [0.15, 0.2) is 11.1 Å². The molecule has 0 atom stereocenters. The molecule has 21 heavy (non-hydrogen) atoms. The van der Waals surface area contributed by atoms with Crippen LogP contribution in [0.2, 0.25) is 0 Å². The van der Waals surface area contributed by atoms with Crippen molar-refractivity contribution in [3.8, 4) is 0 Å². The quantitative estimate of drug-likeness (QED) is 0.840. The average Bonchev–Trinajstić information content (AvgIpc) is 2.45. The third kappa shape index (κ3) is 5.03. The van der Waals surface area contributed by atoms with Gasteiger partial charge in [-0.25, -0.2) is 9.97 Å². The summed E-state index contributed by atoms with van der Waals surface area (Å²) in [5.74, 6) is 0.0428. The van der Waals surface area contributed by atoms with Crippen molar-refractivity contribution < 1.29 is 17.9 Å². The van der Waals surface area contributed by atoms with Gasteiger partial charge in [-0.05, 0) is 19.3 Å². The first-order valence-electron chi connectivity index (χ1n) is 6.93. The fourth-order valence-electron chi connectivity index (χ4n) is 1.91. The first-order chi connectivity index (χ1) is 9.99. The minimum atomic E-state index is -4.46. The van der Waals surface area contributed by atoms with Crippen molar-refractivity contribution in [3.63, 3.8) is 0 Å². The molecule has 2 heterocycles. The monoisotopic (exact) mass is 321 g/mol. The highest BCUT2D eigenvalue weighted by Gasteiger charge is 2.34. The molecule has 0 aromatic carbocycles. The largest absolute Gasteiger partial charge is 0.433 e. The number of halogens is 3. The fourth-order valence-corrected chi connectivity index (χ4v) is 3.00. The van der Waals surface area contributed by atoms with Gasteiger partial charge >= 0.3 is 6.18 Å². The van der Waals surface area contributed by atoms with Crippen molar-refractivity contribution >= 4 is 17.7 Å². The van der Waals surface area contributed by atoms with Gasteiger partial charge in [-0.3, -0.25) is 0 Å². The Kier molecular flexibility index (Phi) is 5.69. The molecule has 1 aromatic rings. The van der Waals surface area contributed by atoms with Crippen LogP contribution in [0, 0.1) is 0 Å². The van der Waals surface area contributed by atoms with Crippen molar-refractivity contribution in [2.45, 2.75) is 42.6 Å². The Bertz CT molecular complexity index is 464. The zero-order valence-corrected chi connectivity index (χ0v) is 12.6. The van der Waals surface area contributed by atoms with Crippen molar-refractivity contribution in [2.75, 3.05) is 25.1 Å². The Morgan fingerprint density at radius 1 is 1.33 bits per heavy atom. The normalized spacial score (nSPS) is 17.0. The number of thioether (sulfide) groups is 1. The van der Waals surface area contributed by atoms with E-state index in [0.29, 0.717) is 24.8 Å². The first kappa shape index (κ1) is 16.4. The van der Waals surface area contributed by atoms with Crippen LogP contribution in [0.4, 0.5) is 19.1 Å². The number of ether oxygens (including phenoxy) is 1. The van der Waals surface area contributed by atoms with Gasteiger partial charge in [0.05, 0.1) is 0 Å². The highest BCUT2D eigenvalue weighted by atomic mass is 32.2. The number of anilines is 1. The zero-order chi connectivity index (χ0) is 15.3. The van der Waals surface area contributed by atoms with Crippen LogP contribution < -0.4 is 5.32 Å². The van der Waals surface area contributed by atoms with Gasteiger partial charge < -0.3 is 10.1 Å². The summed E-state index contributed by atoms with van der Waals surface area (Å²) in [7, 11) is 0. The van der Waals surface area contributed by atoms with Crippen LogP contribution in [0.5, 0.6) is 0 Å². The van der Waals surface area contributed by atoms with Crippen molar-refractivity contribution in [3.05, 3.63) is 11.8 Å². The van der Waals surface area contributed by atoms with Gasteiger partial charge in [0.2, 0.25) is 5.95 Å². The lowest BCUT2D eigenvalue weighted by Gasteiger charge is -2.21. The summed E-state index contributed by atoms with van der Waals surface area (Å²) in [5, 5.41) is 3.43. The third-order valence-electron chi connectivity index (χ3n) is 2.98. The van der Waals surface area contributed by atoms with Gasteiger partial charge in [0.25, 0.3) is 0 Å². The smallest absolute Gasteiger partial charge is 0.381 e. The Hall–Kier alpha value is -1.02. The van der Waals surface area contributed by atoms with Gasteiger partial charge in [-0.1, -0.05) is 6.92 Å². The molecule has 0 unspecified atom stereocenters. The second kappa shape index (κ2) is 7.31. The Morgan fingerprint density at radius 2 is 2.05 bits per heavy atom. The predicted octanol–water partition coefficient (Wildman–Crippen LogP) is 3.59. The van der Waals surface area contributed by atoms with Crippen LogP contribution in [-0.2, 0) is 10.9 Å². The number of aromatic nitrogens is 2. The van der Waals surface area contributed by atoms with E-state index in [9.17, 15) is 13.2 Å². The molecule has 1 fully saturated rings. The molecule has 0 radical (unpaired) electrons. The Morgan fingerprint density at radius 3 is 2.67 bits per heavy atom. The lowest BCUT2D eigenvalue weighted by molar-refractivity contribution is -0.141. The fraction of sp³-hybridized carbons (Fsp3) is 0.692. The lowest BCUT2D eigenvalue weighted by Crippen LogP contribution is -2.18. The van der Waals surface area contributed by atoms with Crippen molar-refractivity contribution in [1.29, 1.82) is 0 Å². The second-order valence-corrected chi connectivity index (χ2v) is 6.09. The number of nitrogens with one attached hydrogen (secondary N) is 1. The van der Waals surface area contributed by atoms with Crippen LogP contribution in [0.25, 0.3) is 0 Å². The number of nitrogens with zero attached hydrogens (tertiary/aromatic N) is 2. The molecule has 1 aliphatic heterocycles. The minimum absolute atomic E-state index is 0.0428. The highest BCUT2D eigenvalue weighted by molar-refractivity contribution is 7.99. The van der Waals surface area contributed by atoms with Crippen molar-refractivity contribution in [2.24, 2.45) is 0 Å². The molecular formula is C13H18F3N3OS. The lowest BCUT2D eigenvalue weighted by atomic mass is 10.2. The van der Waals surface area contributed by atoms with Crippen LogP contribution in [-0.4, -0.2) is 35.0 Å².